The Hall–Kier alpha value is -1.65. The van der Waals surface area contributed by atoms with E-state index in [-0.39, 0.29) is 5.91 Å². The second-order valence-corrected chi connectivity index (χ2v) is 3.70. The van der Waals surface area contributed by atoms with Gasteiger partial charge in [0, 0.05) is 20.1 Å². The van der Waals surface area contributed by atoms with Gasteiger partial charge in [0.1, 0.15) is 5.82 Å². The van der Waals surface area contributed by atoms with Crippen LogP contribution in [0.3, 0.4) is 0 Å². The van der Waals surface area contributed by atoms with Crippen LogP contribution in [0.2, 0.25) is 0 Å². The number of carbonyl (C=O) groups is 1. The molecule has 1 aliphatic rings. The second-order valence-electron chi connectivity index (χ2n) is 3.70. The zero-order chi connectivity index (χ0) is 10.8. The van der Waals surface area contributed by atoms with Gasteiger partial charge in [-0.1, -0.05) is 0 Å². The van der Waals surface area contributed by atoms with Crippen LogP contribution in [-0.4, -0.2) is 41.1 Å². The molecule has 0 radical (unpaired) electrons. The lowest BCUT2D eigenvalue weighted by Crippen LogP contribution is -2.29. The monoisotopic (exact) mass is 206 g/mol. The summed E-state index contributed by atoms with van der Waals surface area (Å²) in [5, 5.41) is 10.6. The zero-order valence-electron chi connectivity index (χ0n) is 8.90. The fourth-order valence-corrected chi connectivity index (χ4v) is 1.39. The summed E-state index contributed by atoms with van der Waals surface area (Å²) in [4.78, 5) is 13.6. The van der Waals surface area contributed by atoms with Gasteiger partial charge in [0.2, 0.25) is 0 Å². The molecule has 0 bridgehead atoms. The van der Waals surface area contributed by atoms with Crippen molar-refractivity contribution in [2.24, 2.45) is 0 Å². The predicted molar refractivity (Wildman–Crippen MR) is 56.7 cm³/mol. The van der Waals surface area contributed by atoms with E-state index in [1.54, 1.807) is 24.1 Å². The van der Waals surface area contributed by atoms with Crippen molar-refractivity contribution in [3.05, 3.63) is 17.8 Å². The van der Waals surface area contributed by atoms with Crippen molar-refractivity contribution in [1.82, 2.24) is 15.1 Å². The molecule has 1 saturated carbocycles. The minimum atomic E-state index is -0.0485. The van der Waals surface area contributed by atoms with Gasteiger partial charge in [-0.05, 0) is 25.0 Å². The van der Waals surface area contributed by atoms with E-state index in [4.69, 9.17) is 0 Å². The maximum atomic E-state index is 11.8. The van der Waals surface area contributed by atoms with Crippen LogP contribution < -0.4 is 5.32 Å². The highest BCUT2D eigenvalue weighted by molar-refractivity contribution is 5.92. The number of nitrogens with one attached hydrogen (secondary N) is 1. The molecule has 1 aliphatic carbocycles. The molecular formula is C10H14N4O. The Balaban J connectivity index is 2.10. The molecule has 0 spiro atoms. The number of carbonyl (C=O) groups excluding carboxylic acids is 1. The van der Waals surface area contributed by atoms with Gasteiger partial charge in [-0.15, -0.1) is 10.2 Å². The van der Waals surface area contributed by atoms with Crippen LogP contribution in [0.5, 0.6) is 0 Å². The molecule has 15 heavy (non-hydrogen) atoms. The molecule has 0 unspecified atom stereocenters. The molecule has 1 fully saturated rings. The van der Waals surface area contributed by atoms with Gasteiger partial charge in [0.15, 0.2) is 5.69 Å². The molecule has 1 aromatic rings. The molecule has 5 heteroatoms. The number of nitrogens with zero attached hydrogens (tertiary/aromatic N) is 3. The van der Waals surface area contributed by atoms with E-state index in [9.17, 15) is 4.79 Å². The SMILES string of the molecule is CNc1ccc(C(=O)N(C)C2CC2)nn1. The minimum absolute atomic E-state index is 0.0485. The summed E-state index contributed by atoms with van der Waals surface area (Å²) in [6, 6.07) is 3.85. The molecule has 80 valence electrons. The third-order valence-electron chi connectivity index (χ3n) is 2.55. The molecule has 1 heterocycles. The van der Waals surface area contributed by atoms with Gasteiger partial charge < -0.3 is 10.2 Å². The summed E-state index contributed by atoms with van der Waals surface area (Å²) in [6.07, 6.45) is 2.20. The normalized spacial score (nSPS) is 14.8. The van der Waals surface area contributed by atoms with Gasteiger partial charge >= 0.3 is 0 Å². The Kier molecular flexibility index (Phi) is 2.53. The molecule has 1 N–H and O–H groups in total. The molecule has 0 aliphatic heterocycles. The van der Waals surface area contributed by atoms with Crippen LogP contribution in [0, 0.1) is 0 Å². The van der Waals surface area contributed by atoms with E-state index in [1.165, 1.54) is 0 Å². The summed E-state index contributed by atoms with van der Waals surface area (Å²) in [5.41, 5.74) is 0.406. The Labute approximate surface area is 88.5 Å². The number of amides is 1. The van der Waals surface area contributed by atoms with Gasteiger partial charge in [0.05, 0.1) is 0 Å². The predicted octanol–water partition coefficient (Wildman–Crippen LogP) is 0.753. The van der Waals surface area contributed by atoms with Gasteiger partial charge in [-0.25, -0.2) is 0 Å². The maximum Gasteiger partial charge on any atom is 0.274 e. The zero-order valence-corrected chi connectivity index (χ0v) is 8.90. The number of hydrogen-bond acceptors (Lipinski definition) is 4. The van der Waals surface area contributed by atoms with Gasteiger partial charge in [-0.3, -0.25) is 4.79 Å². The summed E-state index contributed by atoms with van der Waals surface area (Å²) in [7, 11) is 3.58. The first-order valence-electron chi connectivity index (χ1n) is 5.01. The van der Waals surface area contributed by atoms with Crippen molar-refractivity contribution in [2.45, 2.75) is 18.9 Å². The lowest BCUT2D eigenvalue weighted by Gasteiger charge is -2.14. The van der Waals surface area contributed by atoms with Gasteiger partial charge in [-0.2, -0.15) is 0 Å². The molecule has 0 saturated heterocycles. The first-order chi connectivity index (χ1) is 7.22. The van der Waals surface area contributed by atoms with Crippen molar-refractivity contribution in [1.29, 1.82) is 0 Å². The molecule has 2 rings (SSSR count). The topological polar surface area (TPSA) is 58.1 Å². The average molecular weight is 206 g/mol. The Morgan fingerprint density at radius 2 is 2.20 bits per heavy atom. The summed E-state index contributed by atoms with van der Waals surface area (Å²) in [5.74, 6) is 0.619. The lowest BCUT2D eigenvalue weighted by molar-refractivity contribution is 0.0778. The largest absolute Gasteiger partial charge is 0.372 e. The van der Waals surface area contributed by atoms with Crippen molar-refractivity contribution in [3.8, 4) is 0 Å². The van der Waals surface area contributed by atoms with Crippen LogP contribution in [-0.2, 0) is 0 Å². The van der Waals surface area contributed by atoms with Crippen LogP contribution >= 0.6 is 0 Å². The first-order valence-corrected chi connectivity index (χ1v) is 5.01. The highest BCUT2D eigenvalue weighted by Gasteiger charge is 2.30. The third-order valence-corrected chi connectivity index (χ3v) is 2.55. The highest BCUT2D eigenvalue weighted by atomic mass is 16.2. The molecule has 0 aromatic carbocycles. The van der Waals surface area contributed by atoms with Gasteiger partial charge in [0.25, 0.3) is 5.91 Å². The second kappa shape index (κ2) is 3.84. The quantitative estimate of drug-likeness (QED) is 0.793. The van der Waals surface area contributed by atoms with Crippen LogP contribution in [0.1, 0.15) is 23.3 Å². The minimum Gasteiger partial charge on any atom is -0.372 e. The molecule has 1 amide bonds. The van der Waals surface area contributed by atoms with Crippen molar-refractivity contribution < 1.29 is 4.79 Å². The molecule has 0 atom stereocenters. The summed E-state index contributed by atoms with van der Waals surface area (Å²) < 4.78 is 0. The van der Waals surface area contributed by atoms with E-state index >= 15 is 0 Å². The van der Waals surface area contributed by atoms with E-state index in [0.29, 0.717) is 17.6 Å². The lowest BCUT2D eigenvalue weighted by atomic mass is 10.3. The van der Waals surface area contributed by atoms with E-state index in [1.807, 2.05) is 7.05 Å². The Morgan fingerprint density at radius 1 is 1.47 bits per heavy atom. The Morgan fingerprint density at radius 3 is 2.67 bits per heavy atom. The molecule has 5 nitrogen and oxygen atoms in total. The summed E-state index contributed by atoms with van der Waals surface area (Å²) >= 11 is 0. The molecule has 1 aromatic heterocycles. The number of hydrogen-bond donors (Lipinski definition) is 1. The fraction of sp³-hybridized carbons (Fsp3) is 0.500. The van der Waals surface area contributed by atoms with Crippen molar-refractivity contribution in [3.63, 3.8) is 0 Å². The van der Waals surface area contributed by atoms with Crippen LogP contribution in [0.25, 0.3) is 0 Å². The van der Waals surface area contributed by atoms with Crippen molar-refractivity contribution >= 4 is 11.7 Å². The fourth-order valence-electron chi connectivity index (χ4n) is 1.39. The standard InChI is InChI=1S/C10H14N4O/c1-11-9-6-5-8(12-13-9)10(15)14(2)7-3-4-7/h5-7H,3-4H2,1-2H3,(H,11,13). The van der Waals surface area contributed by atoms with E-state index in [2.05, 4.69) is 15.5 Å². The number of aromatic nitrogens is 2. The van der Waals surface area contributed by atoms with E-state index < -0.39 is 0 Å². The highest BCUT2D eigenvalue weighted by Crippen LogP contribution is 2.26. The third kappa shape index (κ3) is 2.06. The average Bonchev–Trinajstić information content (AvgIpc) is 3.11. The number of anilines is 1. The van der Waals surface area contributed by atoms with Crippen LogP contribution in [0.4, 0.5) is 5.82 Å². The van der Waals surface area contributed by atoms with Crippen molar-refractivity contribution in [2.75, 3.05) is 19.4 Å². The first kappa shape index (κ1) is 9.89. The Bertz CT molecular complexity index is 358. The smallest absolute Gasteiger partial charge is 0.274 e. The number of rotatable bonds is 3. The molecular weight excluding hydrogens is 192 g/mol. The summed E-state index contributed by atoms with van der Waals surface area (Å²) in [6.45, 7) is 0. The van der Waals surface area contributed by atoms with Crippen LogP contribution in [0.15, 0.2) is 12.1 Å². The maximum absolute atomic E-state index is 11.8. The van der Waals surface area contributed by atoms with E-state index in [0.717, 1.165) is 12.8 Å².